The van der Waals surface area contributed by atoms with Crippen molar-refractivity contribution in [1.29, 1.82) is 0 Å². The Labute approximate surface area is 163 Å². The Morgan fingerprint density at radius 3 is 2.39 bits per heavy atom. The van der Waals surface area contributed by atoms with Crippen LogP contribution in [0.5, 0.6) is 0 Å². The second-order valence-corrected chi connectivity index (χ2v) is 7.93. The second kappa shape index (κ2) is 5.97. The van der Waals surface area contributed by atoms with E-state index in [2.05, 4.69) is 0 Å². The first kappa shape index (κ1) is 17.1. The molecule has 0 aliphatic carbocycles. The van der Waals surface area contributed by atoms with Gasteiger partial charge in [0.2, 0.25) is 17.6 Å². The molecule has 2 aromatic rings. The van der Waals surface area contributed by atoms with E-state index in [9.17, 15) is 14.4 Å². The van der Waals surface area contributed by atoms with Gasteiger partial charge in [-0.15, -0.1) is 0 Å². The topological polar surface area (TPSA) is 58.9 Å². The van der Waals surface area contributed by atoms with Crippen LogP contribution in [0.1, 0.15) is 33.1 Å². The maximum Gasteiger partial charge on any atom is 0.239 e. The number of nitrogens with one attached hydrogen (secondary N) is 1. The van der Waals surface area contributed by atoms with Crippen LogP contribution in [0.4, 0.5) is 0 Å². The number of hydrogen-bond donors (Lipinski definition) is 1. The molecule has 3 aliphatic rings. The lowest BCUT2D eigenvalue weighted by Gasteiger charge is -2.30. The molecule has 0 radical (unpaired) electrons. The van der Waals surface area contributed by atoms with Gasteiger partial charge in [-0.1, -0.05) is 54.1 Å². The zero-order valence-corrected chi connectivity index (χ0v) is 15.8. The fourth-order valence-electron chi connectivity index (χ4n) is 5.10. The number of Topliss-reactive ketones (excluding diaryl/α,β-unsaturated/α-hetero) is 1. The molecule has 140 valence electrons. The standard InChI is InChI=1S/C23H20N2O3/c1-13-7-9-15(10-8-13)21(26)20-18-17(22(27)24(2)23(18)28)19-16-6-4-3-5-14(16)11-12-25(19)20/h3-12,17-20H,1-2H3/p+1/t17-,18+,19+,20-/m1/s1. The Morgan fingerprint density at radius 1 is 0.964 bits per heavy atom. The Bertz CT molecular complexity index is 1040. The minimum atomic E-state index is -0.623. The van der Waals surface area contributed by atoms with Crippen molar-refractivity contribution in [2.75, 3.05) is 7.05 Å². The molecule has 3 heterocycles. The lowest BCUT2D eigenvalue weighted by atomic mass is 9.83. The van der Waals surface area contributed by atoms with Gasteiger partial charge in [0, 0.05) is 18.2 Å². The van der Waals surface area contributed by atoms with Crippen LogP contribution in [0.2, 0.25) is 0 Å². The lowest BCUT2D eigenvalue weighted by molar-refractivity contribution is -0.884. The summed E-state index contributed by atoms with van der Waals surface area (Å²) in [6.45, 7) is 1.97. The van der Waals surface area contributed by atoms with Crippen LogP contribution in [0, 0.1) is 18.8 Å². The highest BCUT2D eigenvalue weighted by Crippen LogP contribution is 2.43. The molecule has 2 fully saturated rings. The highest BCUT2D eigenvalue weighted by Gasteiger charge is 2.67. The van der Waals surface area contributed by atoms with Gasteiger partial charge in [-0.05, 0) is 18.6 Å². The van der Waals surface area contributed by atoms with Gasteiger partial charge in [0.25, 0.3) is 0 Å². The molecule has 5 atom stereocenters. The molecule has 5 nitrogen and oxygen atoms in total. The molecule has 28 heavy (non-hydrogen) atoms. The number of hydrogen-bond acceptors (Lipinski definition) is 3. The fraction of sp³-hybridized carbons (Fsp3) is 0.261. The molecule has 0 saturated carbocycles. The molecule has 2 saturated heterocycles. The Kier molecular flexibility index (Phi) is 3.64. The molecule has 0 bridgehead atoms. The largest absolute Gasteiger partial charge is 0.292 e. The van der Waals surface area contributed by atoms with Crippen LogP contribution in [-0.2, 0) is 9.59 Å². The molecule has 2 aromatic carbocycles. The normalized spacial score (nSPS) is 30.2. The lowest BCUT2D eigenvalue weighted by Crippen LogP contribution is -3.12. The summed E-state index contributed by atoms with van der Waals surface area (Å²) < 4.78 is 0. The molecule has 1 N–H and O–H groups in total. The minimum absolute atomic E-state index is 0.0759. The maximum atomic E-state index is 13.5. The first-order chi connectivity index (χ1) is 13.5. The van der Waals surface area contributed by atoms with E-state index in [1.807, 2.05) is 67.7 Å². The van der Waals surface area contributed by atoms with E-state index in [1.54, 1.807) is 0 Å². The van der Waals surface area contributed by atoms with Crippen molar-refractivity contribution >= 4 is 23.7 Å². The van der Waals surface area contributed by atoms with Crippen LogP contribution in [0.15, 0.2) is 54.7 Å². The Hall–Kier alpha value is -3.05. The molecule has 0 spiro atoms. The number of ketones is 1. The summed E-state index contributed by atoms with van der Waals surface area (Å²) >= 11 is 0. The van der Waals surface area contributed by atoms with Crippen molar-refractivity contribution in [3.05, 3.63) is 77.0 Å². The van der Waals surface area contributed by atoms with Gasteiger partial charge < -0.3 is 0 Å². The van der Waals surface area contributed by atoms with Crippen molar-refractivity contribution in [2.45, 2.75) is 19.0 Å². The Balaban J connectivity index is 1.65. The van der Waals surface area contributed by atoms with Gasteiger partial charge in [0.1, 0.15) is 17.9 Å². The average molecular weight is 373 g/mol. The fourth-order valence-corrected chi connectivity index (χ4v) is 5.10. The van der Waals surface area contributed by atoms with Crippen molar-refractivity contribution in [2.24, 2.45) is 11.8 Å². The van der Waals surface area contributed by atoms with Crippen LogP contribution in [0.3, 0.4) is 0 Å². The SMILES string of the molecule is Cc1ccc(C(=O)[C@H]2[C@H]3C(=O)N(C)C(=O)[C@H]3[C@@H]3c4ccccc4C=C[NH+]23)cc1. The zero-order chi connectivity index (χ0) is 19.6. The first-order valence-electron chi connectivity index (χ1n) is 9.55. The summed E-state index contributed by atoms with van der Waals surface area (Å²) in [5.41, 5.74) is 3.74. The van der Waals surface area contributed by atoms with Crippen molar-refractivity contribution in [3.8, 4) is 0 Å². The number of carbonyl (C=O) groups excluding carboxylic acids is 3. The van der Waals surface area contributed by atoms with E-state index in [0.29, 0.717) is 5.56 Å². The van der Waals surface area contributed by atoms with Gasteiger partial charge in [0.15, 0.2) is 6.04 Å². The number of imide groups is 1. The third kappa shape index (κ3) is 2.20. The monoisotopic (exact) mass is 373 g/mol. The van der Waals surface area contributed by atoms with Gasteiger partial charge in [-0.25, -0.2) is 0 Å². The van der Waals surface area contributed by atoms with Crippen molar-refractivity contribution < 1.29 is 19.3 Å². The van der Waals surface area contributed by atoms with E-state index in [0.717, 1.165) is 21.6 Å². The quantitative estimate of drug-likeness (QED) is 0.640. The Morgan fingerprint density at radius 2 is 1.64 bits per heavy atom. The zero-order valence-electron chi connectivity index (χ0n) is 15.8. The van der Waals surface area contributed by atoms with Crippen LogP contribution in [0.25, 0.3) is 6.08 Å². The van der Waals surface area contributed by atoms with Crippen LogP contribution >= 0.6 is 0 Å². The van der Waals surface area contributed by atoms with Gasteiger partial charge in [-0.2, -0.15) is 0 Å². The smallest absolute Gasteiger partial charge is 0.239 e. The van der Waals surface area contributed by atoms with Gasteiger partial charge >= 0.3 is 0 Å². The molecular formula is C23H21N2O3+. The number of rotatable bonds is 2. The van der Waals surface area contributed by atoms with E-state index in [-0.39, 0.29) is 23.6 Å². The van der Waals surface area contributed by atoms with E-state index < -0.39 is 17.9 Å². The molecule has 5 rings (SSSR count). The van der Waals surface area contributed by atoms with E-state index >= 15 is 0 Å². The molecule has 5 heteroatoms. The van der Waals surface area contributed by atoms with E-state index in [1.165, 1.54) is 11.9 Å². The number of nitrogens with zero attached hydrogens (tertiary/aromatic N) is 1. The third-order valence-electron chi connectivity index (χ3n) is 6.46. The maximum absolute atomic E-state index is 13.5. The number of quaternary nitrogens is 1. The first-order valence-corrected chi connectivity index (χ1v) is 9.55. The molecular weight excluding hydrogens is 352 g/mol. The summed E-state index contributed by atoms with van der Waals surface area (Å²) in [5, 5.41) is 0. The average Bonchev–Trinajstić information content (AvgIpc) is 3.17. The summed E-state index contributed by atoms with van der Waals surface area (Å²) in [6, 6.07) is 14.6. The highest BCUT2D eigenvalue weighted by molar-refractivity contribution is 6.10. The predicted octanol–water partition coefficient (Wildman–Crippen LogP) is 1.40. The van der Waals surface area contributed by atoms with E-state index in [4.69, 9.17) is 0 Å². The summed E-state index contributed by atoms with van der Waals surface area (Å²) in [4.78, 5) is 41.5. The summed E-state index contributed by atoms with van der Waals surface area (Å²) in [6.07, 6.45) is 3.96. The molecule has 3 aliphatic heterocycles. The second-order valence-electron chi connectivity index (χ2n) is 7.93. The summed E-state index contributed by atoms with van der Waals surface area (Å²) in [5.74, 6) is -1.62. The third-order valence-corrected chi connectivity index (χ3v) is 6.46. The number of likely N-dealkylation sites (tertiary alicyclic amines) is 1. The van der Waals surface area contributed by atoms with Crippen LogP contribution < -0.4 is 4.90 Å². The number of fused-ring (bicyclic) bond motifs is 5. The molecule has 2 amide bonds. The minimum Gasteiger partial charge on any atom is -0.292 e. The van der Waals surface area contributed by atoms with Gasteiger partial charge in [0.05, 0.1) is 6.20 Å². The van der Waals surface area contributed by atoms with Crippen LogP contribution in [-0.4, -0.2) is 35.6 Å². The van der Waals surface area contributed by atoms with Crippen molar-refractivity contribution in [1.82, 2.24) is 4.90 Å². The number of amides is 2. The summed E-state index contributed by atoms with van der Waals surface area (Å²) in [7, 11) is 1.53. The number of benzene rings is 2. The highest BCUT2D eigenvalue weighted by atomic mass is 16.2. The number of carbonyl (C=O) groups is 3. The van der Waals surface area contributed by atoms with Crippen molar-refractivity contribution in [3.63, 3.8) is 0 Å². The predicted molar refractivity (Wildman–Crippen MR) is 103 cm³/mol. The molecule has 0 aromatic heterocycles. The van der Waals surface area contributed by atoms with Gasteiger partial charge in [-0.3, -0.25) is 24.2 Å². The number of aryl methyl sites for hydroxylation is 1. The molecule has 1 unspecified atom stereocenters.